The molecular formula is C31H40N6O6. The molecule has 2 aliphatic rings. The molecule has 7 amide bonds. The minimum atomic E-state index is -1.23. The predicted molar refractivity (Wildman–Crippen MR) is 161 cm³/mol. The normalized spacial score (nSPS) is 17.3. The number of para-hydroxylation sites is 1. The molecule has 1 heterocycles. The second kappa shape index (κ2) is 12.7. The van der Waals surface area contributed by atoms with E-state index in [0.29, 0.717) is 29.1 Å². The molecule has 1 saturated heterocycles. The molecule has 12 nitrogen and oxygen atoms in total. The number of imide groups is 1. The molecule has 5 N–H and O–H groups in total. The van der Waals surface area contributed by atoms with Crippen LogP contribution in [0.15, 0.2) is 42.5 Å². The van der Waals surface area contributed by atoms with Gasteiger partial charge in [-0.15, -0.1) is 0 Å². The summed E-state index contributed by atoms with van der Waals surface area (Å²) in [5.41, 5.74) is 6.72. The number of amides is 7. The Bertz CT molecular complexity index is 1420. The molecular weight excluding hydrogens is 552 g/mol. The van der Waals surface area contributed by atoms with Gasteiger partial charge in [0, 0.05) is 24.7 Å². The molecule has 0 aromatic heterocycles. The number of carbonyl (C=O) groups is 5. The number of anilines is 2. The standard InChI is InChI=1S/C31H40N6O6/c1-18-8-6-7-9-22(18)34-29(41)35-23-13-12-21(16-25(23)43-5)17-36-30(42)37(28(40)31(36,3)4)24(15-20-10-11-20)27(39)33-19(2)14-26(32)38/h6-9,12-13,16,19-20,24H,10-11,14-15,17H2,1-5H3,(H2,32,38)(H,33,39)(H2,34,35,41). The molecule has 1 saturated carbocycles. The summed E-state index contributed by atoms with van der Waals surface area (Å²) in [6, 6.07) is 9.95. The Morgan fingerprint density at radius 2 is 1.74 bits per heavy atom. The maximum atomic E-state index is 13.8. The number of benzene rings is 2. The summed E-state index contributed by atoms with van der Waals surface area (Å²) in [7, 11) is 1.47. The van der Waals surface area contributed by atoms with Crippen LogP contribution in [0, 0.1) is 12.8 Å². The molecule has 0 radical (unpaired) electrons. The Morgan fingerprint density at radius 3 is 2.37 bits per heavy atom. The van der Waals surface area contributed by atoms with Crippen molar-refractivity contribution < 1.29 is 28.7 Å². The fraction of sp³-hybridized carbons (Fsp3) is 0.452. The van der Waals surface area contributed by atoms with Crippen molar-refractivity contribution in [2.45, 2.75) is 77.5 Å². The lowest BCUT2D eigenvalue weighted by atomic mass is 10.0. The maximum Gasteiger partial charge on any atom is 0.328 e. The first-order chi connectivity index (χ1) is 20.3. The average Bonchev–Trinajstić information content (AvgIpc) is 3.74. The van der Waals surface area contributed by atoms with Gasteiger partial charge in [-0.3, -0.25) is 14.4 Å². The summed E-state index contributed by atoms with van der Waals surface area (Å²) in [4.78, 5) is 67.2. The van der Waals surface area contributed by atoms with Crippen molar-refractivity contribution in [3.8, 4) is 5.75 Å². The van der Waals surface area contributed by atoms with Crippen molar-refractivity contribution >= 4 is 41.2 Å². The molecule has 2 fully saturated rings. The van der Waals surface area contributed by atoms with E-state index in [1.807, 2.05) is 25.1 Å². The van der Waals surface area contributed by atoms with Gasteiger partial charge in [-0.2, -0.15) is 0 Å². The molecule has 0 bridgehead atoms. The number of rotatable bonds is 12. The summed E-state index contributed by atoms with van der Waals surface area (Å²) in [6.07, 6.45) is 2.15. The van der Waals surface area contributed by atoms with Gasteiger partial charge in [-0.05, 0) is 69.4 Å². The van der Waals surface area contributed by atoms with Crippen LogP contribution in [0.5, 0.6) is 5.75 Å². The number of methoxy groups -OCH3 is 1. The Labute approximate surface area is 251 Å². The van der Waals surface area contributed by atoms with E-state index in [1.165, 1.54) is 12.0 Å². The van der Waals surface area contributed by atoms with Crippen molar-refractivity contribution in [1.29, 1.82) is 0 Å². The van der Waals surface area contributed by atoms with Crippen LogP contribution in [0.2, 0.25) is 0 Å². The van der Waals surface area contributed by atoms with Crippen LogP contribution in [-0.4, -0.2) is 64.3 Å². The zero-order valence-corrected chi connectivity index (χ0v) is 25.2. The summed E-state index contributed by atoms with van der Waals surface area (Å²) < 4.78 is 5.52. The van der Waals surface area contributed by atoms with Gasteiger partial charge >= 0.3 is 12.1 Å². The number of aryl methyl sites for hydroxylation is 1. The largest absolute Gasteiger partial charge is 0.495 e. The zero-order chi connectivity index (χ0) is 31.5. The fourth-order valence-corrected chi connectivity index (χ4v) is 5.21. The molecule has 1 aliphatic heterocycles. The van der Waals surface area contributed by atoms with Gasteiger partial charge in [0.1, 0.15) is 17.3 Å². The minimum Gasteiger partial charge on any atom is -0.495 e. The highest BCUT2D eigenvalue weighted by Gasteiger charge is 2.55. The molecule has 2 atom stereocenters. The summed E-state index contributed by atoms with van der Waals surface area (Å²) >= 11 is 0. The smallest absolute Gasteiger partial charge is 0.328 e. The van der Waals surface area contributed by atoms with Gasteiger partial charge in [0.15, 0.2) is 0 Å². The van der Waals surface area contributed by atoms with Gasteiger partial charge in [-0.25, -0.2) is 14.5 Å². The summed E-state index contributed by atoms with van der Waals surface area (Å²) in [5, 5.41) is 8.34. The van der Waals surface area contributed by atoms with Gasteiger partial charge in [0.25, 0.3) is 5.91 Å². The first kappa shape index (κ1) is 31.3. The first-order valence-electron chi connectivity index (χ1n) is 14.4. The van der Waals surface area contributed by atoms with Crippen LogP contribution in [0.3, 0.4) is 0 Å². The number of nitrogens with two attached hydrogens (primary N) is 1. The van der Waals surface area contributed by atoms with E-state index in [4.69, 9.17) is 10.5 Å². The number of hydrogen-bond donors (Lipinski definition) is 4. The molecule has 12 heteroatoms. The molecule has 230 valence electrons. The molecule has 2 aromatic carbocycles. The average molecular weight is 593 g/mol. The van der Waals surface area contributed by atoms with Crippen molar-refractivity contribution in [1.82, 2.24) is 15.1 Å². The van der Waals surface area contributed by atoms with E-state index >= 15 is 0 Å². The highest BCUT2D eigenvalue weighted by atomic mass is 16.5. The lowest BCUT2D eigenvalue weighted by Gasteiger charge is -2.28. The highest BCUT2D eigenvalue weighted by molar-refractivity contribution is 6.09. The number of hydrogen-bond acceptors (Lipinski definition) is 6. The van der Waals surface area contributed by atoms with Crippen LogP contribution >= 0.6 is 0 Å². The predicted octanol–water partition coefficient (Wildman–Crippen LogP) is 3.74. The first-order valence-corrected chi connectivity index (χ1v) is 14.4. The lowest BCUT2D eigenvalue weighted by Crippen LogP contribution is -2.53. The molecule has 0 spiro atoms. The van der Waals surface area contributed by atoms with Crippen LogP contribution in [0.25, 0.3) is 0 Å². The lowest BCUT2D eigenvalue weighted by molar-refractivity contribution is -0.139. The minimum absolute atomic E-state index is 0.0539. The SMILES string of the molecule is COc1cc(CN2C(=O)N(C(CC3CC3)C(=O)NC(C)CC(N)=O)C(=O)C2(C)C)ccc1NC(=O)Nc1ccccc1C. The Kier molecular flexibility index (Phi) is 9.27. The number of nitrogens with one attached hydrogen (secondary N) is 3. The van der Waals surface area contributed by atoms with E-state index in [9.17, 15) is 24.0 Å². The number of carbonyl (C=O) groups excluding carboxylic acids is 5. The van der Waals surface area contributed by atoms with Gasteiger partial charge < -0.3 is 31.3 Å². The molecule has 43 heavy (non-hydrogen) atoms. The van der Waals surface area contributed by atoms with Gasteiger partial charge in [0.05, 0.1) is 12.8 Å². The topological polar surface area (TPSA) is 163 Å². The Morgan fingerprint density at radius 1 is 1.07 bits per heavy atom. The maximum absolute atomic E-state index is 13.8. The Balaban J connectivity index is 1.51. The number of nitrogens with zero attached hydrogens (tertiary/aromatic N) is 2. The van der Waals surface area contributed by atoms with Crippen LogP contribution in [0.4, 0.5) is 21.0 Å². The van der Waals surface area contributed by atoms with Crippen molar-refractivity contribution in [2.75, 3.05) is 17.7 Å². The molecule has 1 aliphatic carbocycles. The summed E-state index contributed by atoms with van der Waals surface area (Å²) in [5.74, 6) is -0.900. The van der Waals surface area contributed by atoms with Crippen LogP contribution in [-0.2, 0) is 20.9 Å². The van der Waals surface area contributed by atoms with Gasteiger partial charge in [-0.1, -0.05) is 37.1 Å². The third-order valence-electron chi connectivity index (χ3n) is 7.87. The zero-order valence-electron chi connectivity index (χ0n) is 25.2. The molecule has 2 aromatic rings. The number of urea groups is 2. The number of ether oxygens (including phenoxy) is 1. The quantitative estimate of drug-likeness (QED) is 0.274. The van der Waals surface area contributed by atoms with Crippen molar-refractivity contribution in [3.05, 3.63) is 53.6 Å². The van der Waals surface area contributed by atoms with E-state index in [0.717, 1.165) is 23.3 Å². The summed E-state index contributed by atoms with van der Waals surface area (Å²) in [6.45, 7) is 6.91. The van der Waals surface area contributed by atoms with Crippen LogP contribution in [0.1, 0.15) is 57.6 Å². The van der Waals surface area contributed by atoms with Crippen LogP contribution < -0.4 is 26.4 Å². The van der Waals surface area contributed by atoms with Crippen molar-refractivity contribution in [2.24, 2.45) is 11.7 Å². The molecule has 2 unspecified atom stereocenters. The van der Waals surface area contributed by atoms with E-state index in [-0.39, 0.29) is 18.9 Å². The van der Waals surface area contributed by atoms with Crippen molar-refractivity contribution in [3.63, 3.8) is 0 Å². The second-order valence-electron chi connectivity index (χ2n) is 11.8. The second-order valence-corrected chi connectivity index (χ2v) is 11.8. The third kappa shape index (κ3) is 7.25. The Hall–Kier alpha value is -4.61. The van der Waals surface area contributed by atoms with E-state index in [2.05, 4.69) is 16.0 Å². The van der Waals surface area contributed by atoms with E-state index < -0.39 is 47.4 Å². The van der Waals surface area contributed by atoms with Gasteiger partial charge in [0.2, 0.25) is 11.8 Å². The monoisotopic (exact) mass is 592 g/mol. The number of primary amides is 1. The fourth-order valence-electron chi connectivity index (χ4n) is 5.21. The molecule has 4 rings (SSSR count). The van der Waals surface area contributed by atoms with E-state index in [1.54, 1.807) is 45.0 Å². The highest BCUT2D eigenvalue weighted by Crippen LogP contribution is 2.38. The third-order valence-corrected chi connectivity index (χ3v) is 7.87.